The third-order valence-corrected chi connectivity index (χ3v) is 4.21. The summed E-state index contributed by atoms with van der Waals surface area (Å²) in [6.45, 7) is 3.10. The maximum Gasteiger partial charge on any atom is 0.416 e. The van der Waals surface area contributed by atoms with Gasteiger partial charge in [-0.1, -0.05) is 19.1 Å². The Hall–Kier alpha value is -2.69. The van der Waals surface area contributed by atoms with E-state index in [1.165, 1.54) is 0 Å². The molecule has 2 rings (SSSR count). The van der Waals surface area contributed by atoms with E-state index in [4.69, 9.17) is 10.00 Å². The lowest BCUT2D eigenvalue weighted by atomic mass is 9.96. The molecule has 28 heavy (non-hydrogen) atoms. The van der Waals surface area contributed by atoms with Gasteiger partial charge in [-0.3, -0.25) is 0 Å². The van der Waals surface area contributed by atoms with Gasteiger partial charge in [-0.2, -0.15) is 31.6 Å². The van der Waals surface area contributed by atoms with Gasteiger partial charge in [0.15, 0.2) is 0 Å². The molecule has 0 radical (unpaired) electrons. The average Bonchev–Trinajstić information content (AvgIpc) is 2.60. The molecule has 0 amide bonds. The summed E-state index contributed by atoms with van der Waals surface area (Å²) in [6, 6.07) is 8.46. The second kappa shape index (κ2) is 8.13. The Balaban J connectivity index is 2.28. The number of ether oxygens (including phenoxy) is 1. The monoisotopic (exact) mass is 401 g/mol. The van der Waals surface area contributed by atoms with Crippen molar-refractivity contribution in [1.29, 1.82) is 5.26 Å². The zero-order valence-electron chi connectivity index (χ0n) is 15.1. The SMILES string of the molecule is CCC(C#N)c1ccc(OCc2cc(C(F)(F)F)cc(C(F)(F)F)c2)c(C)c1. The van der Waals surface area contributed by atoms with Crippen molar-refractivity contribution in [3.63, 3.8) is 0 Å². The van der Waals surface area contributed by atoms with E-state index in [1.807, 2.05) is 6.92 Å². The van der Waals surface area contributed by atoms with Gasteiger partial charge in [0.1, 0.15) is 12.4 Å². The Morgan fingerprint density at radius 3 is 1.96 bits per heavy atom. The van der Waals surface area contributed by atoms with Crippen molar-refractivity contribution in [2.24, 2.45) is 0 Å². The van der Waals surface area contributed by atoms with Gasteiger partial charge in [-0.25, -0.2) is 0 Å². The zero-order chi connectivity index (χ0) is 21.1. The van der Waals surface area contributed by atoms with Crippen LogP contribution >= 0.6 is 0 Å². The summed E-state index contributed by atoms with van der Waals surface area (Å²) in [6.07, 6.45) is -9.19. The molecule has 2 aromatic carbocycles. The molecule has 1 atom stereocenters. The molecule has 0 N–H and O–H groups in total. The fraction of sp³-hybridized carbons (Fsp3) is 0.350. The van der Waals surface area contributed by atoms with Crippen LogP contribution in [-0.4, -0.2) is 0 Å². The van der Waals surface area contributed by atoms with E-state index >= 15 is 0 Å². The summed E-state index contributed by atoms with van der Waals surface area (Å²) >= 11 is 0. The second-order valence-electron chi connectivity index (χ2n) is 6.32. The molecule has 150 valence electrons. The normalized spacial score (nSPS) is 13.1. The highest BCUT2D eigenvalue weighted by Crippen LogP contribution is 2.36. The lowest BCUT2D eigenvalue weighted by Gasteiger charge is -2.16. The van der Waals surface area contributed by atoms with Crippen LogP contribution in [0.2, 0.25) is 0 Å². The fourth-order valence-corrected chi connectivity index (χ4v) is 2.72. The van der Waals surface area contributed by atoms with Gasteiger partial charge in [-0.15, -0.1) is 0 Å². The van der Waals surface area contributed by atoms with Crippen LogP contribution < -0.4 is 4.74 Å². The standard InChI is InChI=1S/C20H17F6NO/c1-3-14(10-27)15-4-5-18(12(2)6-15)28-11-13-7-16(19(21,22)23)9-17(8-13)20(24,25)26/h4-9,14H,3,11H2,1-2H3. The van der Waals surface area contributed by atoms with Gasteiger partial charge < -0.3 is 4.74 Å². The van der Waals surface area contributed by atoms with Crippen LogP contribution in [0.5, 0.6) is 5.75 Å². The number of hydrogen-bond donors (Lipinski definition) is 0. The number of nitriles is 1. The minimum absolute atomic E-state index is 0.0797. The quantitative estimate of drug-likeness (QED) is 0.527. The van der Waals surface area contributed by atoms with E-state index in [0.29, 0.717) is 29.9 Å². The topological polar surface area (TPSA) is 33.0 Å². The van der Waals surface area contributed by atoms with Crippen LogP contribution in [0, 0.1) is 18.3 Å². The lowest BCUT2D eigenvalue weighted by Crippen LogP contribution is -2.12. The maximum absolute atomic E-state index is 12.9. The number of nitrogens with zero attached hydrogens (tertiary/aromatic N) is 1. The highest BCUT2D eigenvalue weighted by molar-refractivity contribution is 5.40. The molecular formula is C20H17F6NO. The third kappa shape index (κ3) is 5.18. The lowest BCUT2D eigenvalue weighted by molar-refractivity contribution is -0.143. The van der Waals surface area contributed by atoms with E-state index in [0.717, 1.165) is 5.56 Å². The molecule has 0 saturated carbocycles. The Morgan fingerprint density at radius 2 is 1.54 bits per heavy atom. The van der Waals surface area contributed by atoms with Crippen LogP contribution in [0.3, 0.4) is 0 Å². The first-order valence-electron chi connectivity index (χ1n) is 8.37. The first-order valence-corrected chi connectivity index (χ1v) is 8.37. The van der Waals surface area contributed by atoms with Crippen LogP contribution in [0.25, 0.3) is 0 Å². The zero-order valence-corrected chi connectivity index (χ0v) is 15.1. The van der Waals surface area contributed by atoms with Crippen LogP contribution in [0.1, 0.15) is 47.1 Å². The van der Waals surface area contributed by atoms with Crippen molar-refractivity contribution >= 4 is 0 Å². The van der Waals surface area contributed by atoms with E-state index in [9.17, 15) is 26.3 Å². The molecule has 0 fully saturated rings. The Labute approximate surface area is 158 Å². The van der Waals surface area contributed by atoms with Gasteiger partial charge in [0.2, 0.25) is 0 Å². The van der Waals surface area contributed by atoms with E-state index in [2.05, 4.69) is 6.07 Å². The fourth-order valence-electron chi connectivity index (χ4n) is 2.72. The summed E-state index contributed by atoms with van der Waals surface area (Å²) in [5.74, 6) is 0.0214. The second-order valence-corrected chi connectivity index (χ2v) is 6.32. The number of aryl methyl sites for hydroxylation is 1. The largest absolute Gasteiger partial charge is 0.489 e. The molecule has 0 aliphatic carbocycles. The predicted octanol–water partition coefficient (Wildman–Crippen LogP) is 6.63. The van der Waals surface area contributed by atoms with Gasteiger partial charge in [0.05, 0.1) is 23.1 Å². The molecule has 0 aliphatic rings. The molecule has 0 aromatic heterocycles. The van der Waals surface area contributed by atoms with Crippen molar-refractivity contribution in [3.05, 3.63) is 64.2 Å². The van der Waals surface area contributed by atoms with Crippen molar-refractivity contribution in [2.75, 3.05) is 0 Å². The third-order valence-electron chi connectivity index (χ3n) is 4.21. The number of halogens is 6. The number of hydrogen-bond acceptors (Lipinski definition) is 2. The molecule has 2 nitrogen and oxygen atoms in total. The van der Waals surface area contributed by atoms with Crippen molar-refractivity contribution in [2.45, 2.75) is 45.1 Å². The van der Waals surface area contributed by atoms with Crippen LogP contribution in [-0.2, 0) is 19.0 Å². The molecule has 0 spiro atoms. The molecule has 1 unspecified atom stereocenters. The van der Waals surface area contributed by atoms with E-state index < -0.39 is 30.1 Å². The van der Waals surface area contributed by atoms with E-state index in [1.54, 1.807) is 25.1 Å². The van der Waals surface area contributed by atoms with Crippen molar-refractivity contribution in [3.8, 4) is 11.8 Å². The molecule has 0 saturated heterocycles. The molecular weight excluding hydrogens is 384 g/mol. The average molecular weight is 401 g/mol. The molecule has 8 heteroatoms. The summed E-state index contributed by atoms with van der Waals surface area (Å²) < 4.78 is 82.9. The van der Waals surface area contributed by atoms with Crippen LogP contribution in [0.15, 0.2) is 36.4 Å². The first-order chi connectivity index (χ1) is 13.0. The van der Waals surface area contributed by atoms with Crippen LogP contribution in [0.4, 0.5) is 26.3 Å². The van der Waals surface area contributed by atoms with Gasteiger partial charge in [0, 0.05) is 0 Å². The predicted molar refractivity (Wildman–Crippen MR) is 90.6 cm³/mol. The van der Waals surface area contributed by atoms with E-state index in [-0.39, 0.29) is 17.5 Å². The summed E-state index contributed by atoms with van der Waals surface area (Å²) in [5, 5.41) is 9.11. The highest BCUT2D eigenvalue weighted by Gasteiger charge is 2.36. The number of alkyl halides is 6. The van der Waals surface area contributed by atoms with Crippen molar-refractivity contribution in [1.82, 2.24) is 0 Å². The van der Waals surface area contributed by atoms with Gasteiger partial charge in [0.25, 0.3) is 0 Å². The summed E-state index contributed by atoms with van der Waals surface area (Å²) in [4.78, 5) is 0. The minimum atomic E-state index is -4.90. The maximum atomic E-state index is 12.9. The van der Waals surface area contributed by atoms with Crippen molar-refractivity contribution < 1.29 is 31.1 Å². The smallest absolute Gasteiger partial charge is 0.416 e. The summed E-state index contributed by atoms with van der Waals surface area (Å²) in [7, 11) is 0. The minimum Gasteiger partial charge on any atom is -0.489 e. The Bertz CT molecular complexity index is 847. The molecule has 2 aromatic rings. The number of benzene rings is 2. The molecule has 0 aliphatic heterocycles. The molecule has 0 bridgehead atoms. The Kier molecular flexibility index (Phi) is 6.27. The first kappa shape index (κ1) is 21.6. The Morgan fingerprint density at radius 1 is 0.964 bits per heavy atom. The number of rotatable bonds is 5. The summed E-state index contributed by atoms with van der Waals surface area (Å²) in [5.41, 5.74) is -1.60. The highest BCUT2D eigenvalue weighted by atomic mass is 19.4. The molecule has 0 heterocycles. The van der Waals surface area contributed by atoms with Gasteiger partial charge >= 0.3 is 12.4 Å². The van der Waals surface area contributed by atoms with Gasteiger partial charge in [-0.05, 0) is 54.3 Å².